The van der Waals surface area contributed by atoms with Gasteiger partial charge in [-0.1, -0.05) is 13.8 Å². The van der Waals surface area contributed by atoms with Crippen molar-refractivity contribution in [1.29, 1.82) is 0 Å². The smallest absolute Gasteiger partial charge is 0.358 e. The number of H-pyrrole nitrogens is 1. The molecule has 11 heavy (non-hydrogen) atoms. The minimum absolute atomic E-state index is 0.0467. The van der Waals surface area contributed by atoms with E-state index in [1.807, 2.05) is 13.8 Å². The van der Waals surface area contributed by atoms with Crippen molar-refractivity contribution in [3.63, 3.8) is 0 Å². The predicted molar refractivity (Wildman–Crippen MR) is 37.1 cm³/mol. The first-order valence-corrected chi connectivity index (χ1v) is 3.18. The fourth-order valence-electron chi connectivity index (χ4n) is 0.752. The van der Waals surface area contributed by atoms with E-state index < -0.39 is 4.92 Å². The summed E-state index contributed by atoms with van der Waals surface area (Å²) in [7, 11) is 0. The van der Waals surface area contributed by atoms with Crippen molar-refractivity contribution in [3.8, 4) is 0 Å². The predicted octanol–water partition coefficient (Wildman–Crippen LogP) is 0.836. The van der Waals surface area contributed by atoms with Crippen molar-refractivity contribution >= 4 is 5.82 Å². The van der Waals surface area contributed by atoms with Gasteiger partial charge in [0, 0.05) is 11.1 Å². The van der Waals surface area contributed by atoms with Gasteiger partial charge in [-0.05, 0) is 4.92 Å². The van der Waals surface area contributed by atoms with Crippen LogP contribution in [0.1, 0.15) is 25.5 Å². The van der Waals surface area contributed by atoms with Crippen LogP contribution in [-0.2, 0) is 0 Å². The minimum atomic E-state index is -0.543. The molecule has 6 heteroatoms. The van der Waals surface area contributed by atoms with Gasteiger partial charge >= 0.3 is 5.82 Å². The molecule has 0 unspecified atom stereocenters. The summed E-state index contributed by atoms with van der Waals surface area (Å²) in [4.78, 5) is 9.73. The average molecular weight is 156 g/mol. The Balaban J connectivity index is 3.06. The molecule has 6 nitrogen and oxygen atoms in total. The summed E-state index contributed by atoms with van der Waals surface area (Å²) in [5.74, 6) is -0.134. The van der Waals surface area contributed by atoms with Gasteiger partial charge in [0.25, 0.3) is 0 Å². The normalized spacial score (nSPS) is 10.5. The van der Waals surface area contributed by atoms with E-state index in [0.29, 0.717) is 5.69 Å². The molecule has 0 radical (unpaired) electrons. The number of aromatic amines is 1. The number of aromatic nitrogens is 3. The molecule has 1 aromatic rings. The molecule has 0 aliphatic rings. The van der Waals surface area contributed by atoms with Crippen molar-refractivity contribution in [1.82, 2.24) is 15.4 Å². The van der Waals surface area contributed by atoms with Gasteiger partial charge < -0.3 is 10.1 Å². The van der Waals surface area contributed by atoms with Gasteiger partial charge in [0.05, 0.1) is 0 Å². The van der Waals surface area contributed by atoms with E-state index >= 15 is 0 Å². The van der Waals surface area contributed by atoms with Gasteiger partial charge in [-0.15, -0.1) is 0 Å². The zero-order chi connectivity index (χ0) is 8.43. The monoisotopic (exact) mass is 156 g/mol. The fraction of sp³-hybridized carbons (Fsp3) is 0.600. The first-order chi connectivity index (χ1) is 5.13. The molecule has 0 aliphatic heterocycles. The third-order valence-corrected chi connectivity index (χ3v) is 1.31. The van der Waals surface area contributed by atoms with Crippen molar-refractivity contribution < 1.29 is 4.92 Å². The Morgan fingerprint density at radius 2 is 2.27 bits per heavy atom. The van der Waals surface area contributed by atoms with E-state index in [4.69, 9.17) is 0 Å². The maximum absolute atomic E-state index is 10.3. The third-order valence-electron chi connectivity index (χ3n) is 1.31. The van der Waals surface area contributed by atoms with Crippen LogP contribution in [0.25, 0.3) is 0 Å². The highest BCUT2D eigenvalue weighted by Gasteiger charge is 2.20. The van der Waals surface area contributed by atoms with E-state index in [-0.39, 0.29) is 11.7 Å². The van der Waals surface area contributed by atoms with Crippen molar-refractivity contribution in [2.45, 2.75) is 19.8 Å². The second kappa shape index (κ2) is 2.65. The van der Waals surface area contributed by atoms with E-state index in [9.17, 15) is 10.1 Å². The number of nitro groups is 1. The van der Waals surface area contributed by atoms with E-state index in [0.717, 1.165) is 0 Å². The van der Waals surface area contributed by atoms with Crippen molar-refractivity contribution in [2.75, 3.05) is 0 Å². The summed E-state index contributed by atoms with van der Waals surface area (Å²) < 4.78 is 0. The van der Waals surface area contributed by atoms with Crippen LogP contribution in [0, 0.1) is 10.1 Å². The summed E-state index contributed by atoms with van der Waals surface area (Å²) in [6.45, 7) is 3.67. The average Bonchev–Trinajstić information content (AvgIpc) is 2.32. The Morgan fingerprint density at radius 3 is 2.64 bits per heavy atom. The van der Waals surface area contributed by atoms with Crippen LogP contribution in [0.4, 0.5) is 5.82 Å². The number of rotatable bonds is 2. The first kappa shape index (κ1) is 7.64. The van der Waals surface area contributed by atoms with Gasteiger partial charge in [-0.2, -0.15) is 0 Å². The highest BCUT2D eigenvalue weighted by Crippen LogP contribution is 2.19. The Hall–Kier alpha value is -1.46. The summed E-state index contributed by atoms with van der Waals surface area (Å²) in [6, 6.07) is 0. The molecule has 0 aliphatic carbocycles. The van der Waals surface area contributed by atoms with Crippen LogP contribution in [0.2, 0.25) is 0 Å². The summed E-state index contributed by atoms with van der Waals surface area (Å²) in [6.07, 6.45) is 0. The molecule has 0 atom stereocenters. The Morgan fingerprint density at radius 1 is 1.64 bits per heavy atom. The molecule has 0 saturated carbocycles. The highest BCUT2D eigenvalue weighted by molar-refractivity contribution is 5.25. The lowest BCUT2D eigenvalue weighted by molar-refractivity contribution is -0.390. The maximum Gasteiger partial charge on any atom is 0.413 e. The minimum Gasteiger partial charge on any atom is -0.358 e. The molecule has 1 rings (SSSR count). The van der Waals surface area contributed by atoms with E-state index in [1.54, 1.807) is 0 Å². The van der Waals surface area contributed by atoms with Gasteiger partial charge in [0.2, 0.25) is 0 Å². The molecule has 0 fully saturated rings. The quantitative estimate of drug-likeness (QED) is 0.507. The highest BCUT2D eigenvalue weighted by atomic mass is 16.6. The lowest BCUT2D eigenvalue weighted by Crippen LogP contribution is -1.95. The molecule has 60 valence electrons. The van der Waals surface area contributed by atoms with Crippen molar-refractivity contribution in [3.05, 3.63) is 15.8 Å². The Labute approximate surface area is 62.8 Å². The van der Waals surface area contributed by atoms with Crippen LogP contribution >= 0.6 is 0 Å². The second-order valence-corrected chi connectivity index (χ2v) is 2.46. The largest absolute Gasteiger partial charge is 0.413 e. The zero-order valence-electron chi connectivity index (χ0n) is 6.24. The molecular weight excluding hydrogens is 148 g/mol. The summed E-state index contributed by atoms with van der Waals surface area (Å²) in [5, 5.41) is 19.4. The number of nitrogens with one attached hydrogen (secondary N) is 1. The van der Waals surface area contributed by atoms with Gasteiger partial charge in [0.1, 0.15) is 10.8 Å². The number of hydrogen-bond acceptors (Lipinski definition) is 4. The Bertz CT molecular complexity index is 267. The molecule has 1 aromatic heterocycles. The molecule has 0 amide bonds. The topological polar surface area (TPSA) is 84.7 Å². The first-order valence-electron chi connectivity index (χ1n) is 3.18. The van der Waals surface area contributed by atoms with Gasteiger partial charge in [0.15, 0.2) is 0 Å². The van der Waals surface area contributed by atoms with Crippen LogP contribution < -0.4 is 0 Å². The molecule has 0 saturated heterocycles. The summed E-state index contributed by atoms with van der Waals surface area (Å²) >= 11 is 0. The third kappa shape index (κ3) is 1.34. The van der Waals surface area contributed by atoms with Crippen molar-refractivity contribution in [2.24, 2.45) is 0 Å². The summed E-state index contributed by atoms with van der Waals surface area (Å²) in [5.41, 5.74) is 0.468. The lowest BCUT2D eigenvalue weighted by atomic mass is 10.1. The molecule has 1 N–H and O–H groups in total. The molecular formula is C5H8N4O2. The lowest BCUT2D eigenvalue weighted by Gasteiger charge is -1.97. The SMILES string of the molecule is CC(C)c1[nH]nnc1[N+](=O)[O-]. The van der Waals surface area contributed by atoms with Crippen LogP contribution in [0.15, 0.2) is 0 Å². The second-order valence-electron chi connectivity index (χ2n) is 2.46. The van der Waals surface area contributed by atoms with Crippen LogP contribution in [0.3, 0.4) is 0 Å². The van der Waals surface area contributed by atoms with Crippen LogP contribution in [0.5, 0.6) is 0 Å². The maximum atomic E-state index is 10.3. The number of hydrogen-bond donors (Lipinski definition) is 1. The van der Waals surface area contributed by atoms with Gasteiger partial charge in [-0.3, -0.25) is 0 Å². The zero-order valence-corrected chi connectivity index (χ0v) is 6.24. The molecule has 0 spiro atoms. The molecule has 1 heterocycles. The molecule has 0 bridgehead atoms. The standard InChI is InChI=1S/C5H8N4O2/c1-3(2)4-5(9(10)11)7-8-6-4/h3H,1-2H3,(H,6,7,8). The van der Waals surface area contributed by atoms with Gasteiger partial charge in [-0.25, -0.2) is 5.10 Å². The number of nitrogens with zero attached hydrogens (tertiary/aromatic N) is 3. The fourth-order valence-corrected chi connectivity index (χ4v) is 0.752. The van der Waals surface area contributed by atoms with E-state index in [1.165, 1.54) is 0 Å². The van der Waals surface area contributed by atoms with E-state index in [2.05, 4.69) is 15.4 Å². The Kier molecular flexibility index (Phi) is 1.84. The molecule has 0 aromatic carbocycles. The van der Waals surface area contributed by atoms with Crippen LogP contribution in [-0.4, -0.2) is 20.3 Å².